The van der Waals surface area contributed by atoms with Crippen molar-refractivity contribution >= 4 is 34.5 Å². The molecule has 1 N–H and O–H groups in total. The Labute approximate surface area is 197 Å². The van der Waals surface area contributed by atoms with Gasteiger partial charge in [-0.3, -0.25) is 4.79 Å². The van der Waals surface area contributed by atoms with Gasteiger partial charge >= 0.3 is 0 Å². The second kappa shape index (κ2) is 10.8. The number of carbonyl (C=O) groups is 1. The highest BCUT2D eigenvalue weighted by molar-refractivity contribution is 7.99. The first-order valence-corrected chi connectivity index (χ1v) is 12.0. The average molecular weight is 471 g/mol. The van der Waals surface area contributed by atoms with Crippen molar-refractivity contribution in [2.75, 3.05) is 44.9 Å². The molecule has 33 heavy (non-hydrogen) atoms. The Hall–Kier alpha value is -2.85. The lowest BCUT2D eigenvalue weighted by atomic mass is 10.1. The first kappa shape index (κ1) is 23.3. The first-order valence-electron chi connectivity index (χ1n) is 11.2. The van der Waals surface area contributed by atoms with Crippen molar-refractivity contribution < 1.29 is 14.3 Å². The highest BCUT2D eigenvalue weighted by Crippen LogP contribution is 2.29. The Morgan fingerprint density at radius 3 is 2.67 bits per heavy atom. The molecule has 1 fully saturated rings. The van der Waals surface area contributed by atoms with Crippen LogP contribution in [0.4, 0.5) is 5.82 Å². The largest absolute Gasteiger partial charge is 0.497 e. The van der Waals surface area contributed by atoms with Crippen LogP contribution in [0.1, 0.15) is 19.4 Å². The van der Waals surface area contributed by atoms with Crippen LogP contribution in [0.3, 0.4) is 0 Å². The quantitative estimate of drug-likeness (QED) is 0.377. The number of fused-ring (bicyclic) bond motifs is 1. The van der Waals surface area contributed by atoms with Gasteiger partial charge in [-0.1, -0.05) is 37.7 Å². The Balaban J connectivity index is 1.45. The van der Waals surface area contributed by atoms with Gasteiger partial charge in [-0.25, -0.2) is 14.6 Å². The highest BCUT2D eigenvalue weighted by Gasteiger charge is 2.20. The van der Waals surface area contributed by atoms with Gasteiger partial charge in [0.25, 0.3) is 0 Å². The van der Waals surface area contributed by atoms with Crippen LogP contribution in [0.15, 0.2) is 35.6 Å². The van der Waals surface area contributed by atoms with Crippen molar-refractivity contribution in [3.63, 3.8) is 0 Å². The number of carbonyl (C=O) groups excluding carboxylic acids is 1. The molecule has 0 aliphatic carbocycles. The first-order chi connectivity index (χ1) is 16.0. The van der Waals surface area contributed by atoms with Gasteiger partial charge in [0.15, 0.2) is 10.8 Å². The maximum Gasteiger partial charge on any atom is 0.224 e. The number of morpholine rings is 1. The number of methoxy groups -OCH3 is 1. The summed E-state index contributed by atoms with van der Waals surface area (Å²) in [7, 11) is 1.62. The maximum absolute atomic E-state index is 12.4. The van der Waals surface area contributed by atoms with E-state index in [1.165, 1.54) is 0 Å². The van der Waals surface area contributed by atoms with Crippen LogP contribution in [0.2, 0.25) is 0 Å². The summed E-state index contributed by atoms with van der Waals surface area (Å²) in [6.07, 6.45) is 2.14. The molecule has 1 aliphatic rings. The minimum absolute atomic E-state index is 0.0312. The zero-order chi connectivity index (χ0) is 23.2. The number of hydrogen-bond donors (Lipinski definition) is 1. The lowest BCUT2D eigenvalue weighted by Crippen LogP contribution is -2.37. The van der Waals surface area contributed by atoms with Crippen LogP contribution in [0.5, 0.6) is 5.75 Å². The molecule has 0 atom stereocenters. The van der Waals surface area contributed by atoms with Gasteiger partial charge in [0.05, 0.1) is 44.9 Å². The maximum atomic E-state index is 12.4. The summed E-state index contributed by atoms with van der Waals surface area (Å²) in [5.41, 5.74) is 1.73. The normalized spacial score (nSPS) is 14.1. The average Bonchev–Trinajstić information content (AvgIpc) is 3.22. The van der Waals surface area contributed by atoms with E-state index in [2.05, 4.69) is 29.2 Å². The molecule has 1 saturated heterocycles. The lowest BCUT2D eigenvalue weighted by molar-refractivity contribution is -0.120. The Morgan fingerprint density at radius 2 is 1.97 bits per heavy atom. The standard InChI is InChI=1S/C23H30N6O3S/c1-16(2)33-23-26-21(28-10-12-32-13-11-28)19-15-25-29(22(19)27-23)9-8-24-20(30)14-17-4-6-18(31-3)7-5-17/h4-7,15-16H,8-14H2,1-3H3,(H,24,30). The van der Waals surface area contributed by atoms with Crippen LogP contribution in [0.25, 0.3) is 11.0 Å². The number of thioether (sulfide) groups is 1. The monoisotopic (exact) mass is 470 g/mol. The number of benzene rings is 1. The number of nitrogens with one attached hydrogen (secondary N) is 1. The zero-order valence-electron chi connectivity index (χ0n) is 19.3. The molecule has 4 rings (SSSR count). The van der Waals surface area contributed by atoms with E-state index in [1.54, 1.807) is 18.9 Å². The SMILES string of the molecule is COc1ccc(CC(=O)NCCn2ncc3c(N4CCOCC4)nc(SC(C)C)nc32)cc1. The Bertz CT molecular complexity index is 1080. The van der Waals surface area contributed by atoms with E-state index < -0.39 is 0 Å². The molecular weight excluding hydrogens is 440 g/mol. The third-order valence-corrected chi connectivity index (χ3v) is 6.14. The highest BCUT2D eigenvalue weighted by atomic mass is 32.2. The van der Waals surface area contributed by atoms with Crippen molar-refractivity contribution in [2.45, 2.75) is 37.2 Å². The smallest absolute Gasteiger partial charge is 0.224 e. The summed E-state index contributed by atoms with van der Waals surface area (Å²) in [6, 6.07) is 7.52. The molecule has 0 spiro atoms. The molecular formula is C23H30N6O3S. The minimum Gasteiger partial charge on any atom is -0.497 e. The molecule has 2 aromatic heterocycles. The third-order valence-electron chi connectivity index (χ3n) is 5.28. The van der Waals surface area contributed by atoms with Crippen molar-refractivity contribution in [3.8, 4) is 5.75 Å². The Morgan fingerprint density at radius 1 is 1.21 bits per heavy atom. The summed E-state index contributed by atoms with van der Waals surface area (Å²) in [5, 5.41) is 9.57. The predicted molar refractivity (Wildman–Crippen MR) is 129 cm³/mol. The molecule has 1 amide bonds. The van der Waals surface area contributed by atoms with E-state index in [-0.39, 0.29) is 5.91 Å². The second-order valence-corrected chi connectivity index (χ2v) is 9.62. The summed E-state index contributed by atoms with van der Waals surface area (Å²) >= 11 is 1.64. The van der Waals surface area contributed by atoms with E-state index in [9.17, 15) is 4.79 Å². The molecule has 0 bridgehead atoms. The molecule has 3 heterocycles. The molecule has 176 valence electrons. The van der Waals surface area contributed by atoms with Crippen molar-refractivity contribution in [2.24, 2.45) is 0 Å². The summed E-state index contributed by atoms with van der Waals surface area (Å²) in [5.74, 6) is 1.65. The van der Waals surface area contributed by atoms with Gasteiger partial charge in [-0.15, -0.1) is 0 Å². The minimum atomic E-state index is -0.0312. The van der Waals surface area contributed by atoms with Gasteiger partial charge < -0.3 is 19.7 Å². The molecule has 0 unspecified atom stereocenters. The topological polar surface area (TPSA) is 94.4 Å². The summed E-state index contributed by atoms with van der Waals surface area (Å²) < 4.78 is 12.5. The lowest BCUT2D eigenvalue weighted by Gasteiger charge is -2.28. The van der Waals surface area contributed by atoms with E-state index in [0.717, 1.165) is 46.4 Å². The van der Waals surface area contributed by atoms with Crippen LogP contribution in [0, 0.1) is 0 Å². The number of anilines is 1. The molecule has 0 saturated carbocycles. The zero-order valence-corrected chi connectivity index (χ0v) is 20.1. The molecule has 1 aromatic carbocycles. The van der Waals surface area contributed by atoms with E-state index in [0.29, 0.717) is 38.0 Å². The van der Waals surface area contributed by atoms with Gasteiger partial charge in [-0.2, -0.15) is 5.10 Å². The predicted octanol–water partition coefficient (Wildman–Crippen LogP) is 2.53. The van der Waals surface area contributed by atoms with Crippen LogP contribution in [-0.4, -0.2) is 70.9 Å². The number of ether oxygens (including phenoxy) is 2. The fraction of sp³-hybridized carbons (Fsp3) is 0.478. The third kappa shape index (κ3) is 5.94. The number of amides is 1. The van der Waals surface area contributed by atoms with Crippen molar-refractivity contribution in [1.82, 2.24) is 25.1 Å². The molecule has 0 radical (unpaired) electrons. The van der Waals surface area contributed by atoms with Gasteiger partial charge in [0.1, 0.15) is 11.6 Å². The summed E-state index contributed by atoms with van der Waals surface area (Å²) in [4.78, 5) is 24.2. The van der Waals surface area contributed by atoms with Crippen LogP contribution >= 0.6 is 11.8 Å². The van der Waals surface area contributed by atoms with Gasteiger partial charge in [0.2, 0.25) is 5.91 Å². The number of rotatable bonds is 9. The van der Waals surface area contributed by atoms with Crippen LogP contribution < -0.4 is 15.0 Å². The van der Waals surface area contributed by atoms with Gasteiger partial charge in [0, 0.05) is 24.9 Å². The molecule has 10 heteroatoms. The summed E-state index contributed by atoms with van der Waals surface area (Å²) in [6.45, 7) is 8.22. The number of hydrogen-bond acceptors (Lipinski definition) is 8. The van der Waals surface area contributed by atoms with Crippen LogP contribution in [-0.2, 0) is 22.5 Å². The number of aromatic nitrogens is 4. The van der Waals surface area contributed by atoms with E-state index in [4.69, 9.17) is 19.4 Å². The fourth-order valence-electron chi connectivity index (χ4n) is 3.66. The van der Waals surface area contributed by atoms with Gasteiger partial charge in [-0.05, 0) is 17.7 Å². The van der Waals surface area contributed by atoms with Crippen molar-refractivity contribution in [1.29, 1.82) is 0 Å². The molecule has 3 aromatic rings. The second-order valence-electron chi connectivity index (χ2n) is 8.08. The van der Waals surface area contributed by atoms with E-state index in [1.807, 2.05) is 35.1 Å². The molecule has 1 aliphatic heterocycles. The van der Waals surface area contributed by atoms with E-state index >= 15 is 0 Å². The van der Waals surface area contributed by atoms with Crippen molar-refractivity contribution in [3.05, 3.63) is 36.0 Å². The number of nitrogens with zero attached hydrogens (tertiary/aromatic N) is 5. The molecule has 9 nitrogen and oxygen atoms in total. The Kier molecular flexibility index (Phi) is 7.66. The fourth-order valence-corrected chi connectivity index (χ4v) is 4.36.